The second-order valence-electron chi connectivity index (χ2n) is 4.51. The number of carbonyl (C=O) groups excluding carboxylic acids is 1. The van der Waals surface area contributed by atoms with Gasteiger partial charge in [-0.25, -0.2) is 4.98 Å². The summed E-state index contributed by atoms with van der Waals surface area (Å²) in [4.78, 5) is 16.4. The van der Waals surface area contributed by atoms with Gasteiger partial charge in [-0.3, -0.25) is 10.1 Å². The fourth-order valence-corrected chi connectivity index (χ4v) is 3.19. The second-order valence-corrected chi connectivity index (χ2v) is 6.14. The molecule has 0 spiro atoms. The second kappa shape index (κ2) is 5.67. The number of aryl methyl sites for hydroxylation is 1. The number of hydrogen-bond acceptors (Lipinski definition) is 5. The van der Waals surface area contributed by atoms with Crippen LogP contribution < -0.4 is 5.32 Å². The summed E-state index contributed by atoms with van der Waals surface area (Å²) >= 11 is 2.86. The molecule has 2 N–H and O–H groups in total. The van der Waals surface area contributed by atoms with E-state index in [-0.39, 0.29) is 11.7 Å². The van der Waals surface area contributed by atoms with Gasteiger partial charge in [-0.05, 0) is 42.1 Å². The fourth-order valence-electron chi connectivity index (χ4n) is 1.84. The SMILES string of the molecule is Cc1cc(-c2csc(NC(=O)c3ccsc3)n2)ccc1O. The third kappa shape index (κ3) is 2.96. The summed E-state index contributed by atoms with van der Waals surface area (Å²) in [7, 11) is 0. The molecule has 21 heavy (non-hydrogen) atoms. The first kappa shape index (κ1) is 13.8. The van der Waals surface area contributed by atoms with Crippen LogP contribution >= 0.6 is 22.7 Å². The minimum Gasteiger partial charge on any atom is -0.508 e. The number of phenols is 1. The van der Waals surface area contributed by atoms with E-state index in [4.69, 9.17) is 0 Å². The molecule has 3 rings (SSSR count). The molecule has 1 aromatic carbocycles. The van der Waals surface area contributed by atoms with E-state index >= 15 is 0 Å². The van der Waals surface area contributed by atoms with Gasteiger partial charge >= 0.3 is 0 Å². The zero-order valence-electron chi connectivity index (χ0n) is 11.2. The van der Waals surface area contributed by atoms with Crippen LogP contribution in [0.25, 0.3) is 11.3 Å². The largest absolute Gasteiger partial charge is 0.508 e. The van der Waals surface area contributed by atoms with E-state index in [0.717, 1.165) is 16.8 Å². The Morgan fingerprint density at radius 3 is 2.86 bits per heavy atom. The highest BCUT2D eigenvalue weighted by atomic mass is 32.1. The number of carbonyl (C=O) groups is 1. The van der Waals surface area contributed by atoms with Crippen LogP contribution in [0, 0.1) is 6.92 Å². The predicted molar refractivity (Wildman–Crippen MR) is 86.2 cm³/mol. The van der Waals surface area contributed by atoms with Gasteiger partial charge in [0.1, 0.15) is 5.75 Å². The zero-order valence-corrected chi connectivity index (χ0v) is 12.8. The van der Waals surface area contributed by atoms with Crippen molar-refractivity contribution in [2.75, 3.05) is 5.32 Å². The Morgan fingerprint density at radius 2 is 2.14 bits per heavy atom. The number of rotatable bonds is 3. The van der Waals surface area contributed by atoms with Crippen molar-refractivity contribution in [3.8, 4) is 17.0 Å². The first-order chi connectivity index (χ1) is 10.1. The Balaban J connectivity index is 1.80. The number of amides is 1. The Labute approximate surface area is 129 Å². The number of anilines is 1. The maximum absolute atomic E-state index is 11.9. The summed E-state index contributed by atoms with van der Waals surface area (Å²) in [6, 6.07) is 7.10. The monoisotopic (exact) mass is 316 g/mol. The summed E-state index contributed by atoms with van der Waals surface area (Å²) in [5.41, 5.74) is 3.13. The molecule has 0 unspecified atom stereocenters. The minimum absolute atomic E-state index is 0.154. The lowest BCUT2D eigenvalue weighted by atomic mass is 10.1. The van der Waals surface area contributed by atoms with Crippen molar-refractivity contribution in [2.45, 2.75) is 6.92 Å². The average Bonchev–Trinajstić information content (AvgIpc) is 3.12. The third-order valence-electron chi connectivity index (χ3n) is 3.00. The van der Waals surface area contributed by atoms with Gasteiger partial charge in [-0.2, -0.15) is 11.3 Å². The molecular weight excluding hydrogens is 304 g/mol. The highest BCUT2D eigenvalue weighted by Crippen LogP contribution is 2.28. The Kier molecular flexibility index (Phi) is 3.72. The predicted octanol–water partition coefficient (Wildman–Crippen LogP) is 4.14. The van der Waals surface area contributed by atoms with Crippen LogP contribution in [0.3, 0.4) is 0 Å². The normalized spacial score (nSPS) is 10.5. The summed E-state index contributed by atoms with van der Waals surface area (Å²) in [5, 5.41) is 18.4. The van der Waals surface area contributed by atoms with Crippen LogP contribution in [0.15, 0.2) is 40.4 Å². The van der Waals surface area contributed by atoms with Crippen LogP contribution in [0.5, 0.6) is 5.75 Å². The standard InChI is InChI=1S/C15H12N2O2S2/c1-9-6-10(2-3-13(9)18)12-8-21-15(16-12)17-14(19)11-4-5-20-7-11/h2-8,18H,1H3,(H,16,17,19). The van der Waals surface area contributed by atoms with Crippen LogP contribution in [0.1, 0.15) is 15.9 Å². The molecule has 2 heterocycles. The number of thiazole rings is 1. The van der Waals surface area contributed by atoms with Gasteiger partial charge in [0.25, 0.3) is 5.91 Å². The van der Waals surface area contributed by atoms with E-state index < -0.39 is 0 Å². The van der Waals surface area contributed by atoms with E-state index in [0.29, 0.717) is 10.7 Å². The number of nitrogens with zero attached hydrogens (tertiary/aromatic N) is 1. The maximum Gasteiger partial charge on any atom is 0.258 e. The van der Waals surface area contributed by atoms with Crippen LogP contribution in [0.2, 0.25) is 0 Å². The van der Waals surface area contributed by atoms with Crippen molar-refractivity contribution in [1.82, 2.24) is 4.98 Å². The van der Waals surface area contributed by atoms with E-state index in [9.17, 15) is 9.90 Å². The summed E-state index contributed by atoms with van der Waals surface area (Å²) in [6.45, 7) is 1.84. The molecule has 2 aromatic heterocycles. The quantitative estimate of drug-likeness (QED) is 0.763. The first-order valence-electron chi connectivity index (χ1n) is 6.22. The van der Waals surface area contributed by atoms with Gasteiger partial charge in [0.05, 0.1) is 11.3 Å². The van der Waals surface area contributed by atoms with Gasteiger partial charge in [-0.1, -0.05) is 0 Å². The molecule has 0 atom stereocenters. The number of nitrogens with one attached hydrogen (secondary N) is 1. The highest BCUT2D eigenvalue weighted by molar-refractivity contribution is 7.14. The lowest BCUT2D eigenvalue weighted by molar-refractivity contribution is 0.102. The fraction of sp³-hybridized carbons (Fsp3) is 0.0667. The Hall–Kier alpha value is -2.18. The Morgan fingerprint density at radius 1 is 1.29 bits per heavy atom. The number of aromatic nitrogens is 1. The molecule has 106 valence electrons. The molecule has 0 aliphatic carbocycles. The van der Waals surface area contributed by atoms with Gasteiger partial charge in [0, 0.05) is 16.3 Å². The molecule has 1 amide bonds. The molecule has 0 bridgehead atoms. The molecule has 6 heteroatoms. The third-order valence-corrected chi connectivity index (χ3v) is 4.44. The van der Waals surface area contributed by atoms with Crippen molar-refractivity contribution >= 4 is 33.7 Å². The summed E-state index contributed by atoms with van der Waals surface area (Å²) in [6.07, 6.45) is 0. The van der Waals surface area contributed by atoms with E-state index in [1.54, 1.807) is 17.5 Å². The molecule has 0 saturated carbocycles. The number of benzene rings is 1. The molecule has 0 saturated heterocycles. The van der Waals surface area contributed by atoms with Crippen molar-refractivity contribution < 1.29 is 9.90 Å². The lowest BCUT2D eigenvalue weighted by Gasteiger charge is -2.01. The van der Waals surface area contributed by atoms with Gasteiger partial charge in [0.15, 0.2) is 5.13 Å². The van der Waals surface area contributed by atoms with Gasteiger partial charge in [0.2, 0.25) is 0 Å². The highest BCUT2D eigenvalue weighted by Gasteiger charge is 2.10. The van der Waals surface area contributed by atoms with E-state index in [2.05, 4.69) is 10.3 Å². The average molecular weight is 316 g/mol. The topological polar surface area (TPSA) is 62.2 Å². The molecule has 3 aromatic rings. The van der Waals surface area contributed by atoms with Gasteiger partial charge in [-0.15, -0.1) is 11.3 Å². The molecule has 0 aliphatic heterocycles. The van der Waals surface area contributed by atoms with Crippen LogP contribution in [-0.4, -0.2) is 16.0 Å². The number of phenolic OH excluding ortho intramolecular Hbond substituents is 1. The van der Waals surface area contributed by atoms with Crippen molar-refractivity contribution in [2.24, 2.45) is 0 Å². The maximum atomic E-state index is 11.9. The van der Waals surface area contributed by atoms with Crippen LogP contribution in [-0.2, 0) is 0 Å². The van der Waals surface area contributed by atoms with Crippen molar-refractivity contribution in [3.05, 3.63) is 51.5 Å². The summed E-state index contributed by atoms with van der Waals surface area (Å²) < 4.78 is 0. The zero-order chi connectivity index (χ0) is 14.8. The van der Waals surface area contributed by atoms with Crippen molar-refractivity contribution in [3.63, 3.8) is 0 Å². The molecular formula is C15H12N2O2S2. The van der Waals surface area contributed by atoms with Gasteiger partial charge < -0.3 is 5.11 Å². The number of hydrogen-bond donors (Lipinski definition) is 2. The molecule has 0 fully saturated rings. The first-order valence-corrected chi connectivity index (χ1v) is 8.05. The number of thiophene rings is 1. The van der Waals surface area contributed by atoms with E-state index in [1.165, 1.54) is 22.7 Å². The smallest absolute Gasteiger partial charge is 0.258 e. The van der Waals surface area contributed by atoms with Crippen LogP contribution in [0.4, 0.5) is 5.13 Å². The minimum atomic E-state index is -0.154. The Bertz CT molecular complexity index is 779. The molecule has 4 nitrogen and oxygen atoms in total. The molecule has 0 aliphatic rings. The number of aromatic hydroxyl groups is 1. The summed E-state index contributed by atoms with van der Waals surface area (Å²) in [5.74, 6) is 0.110. The van der Waals surface area contributed by atoms with Crippen molar-refractivity contribution in [1.29, 1.82) is 0 Å². The lowest BCUT2D eigenvalue weighted by Crippen LogP contribution is -2.10. The molecule has 0 radical (unpaired) electrons. The van der Waals surface area contributed by atoms with E-state index in [1.807, 2.05) is 29.8 Å².